The van der Waals surface area contributed by atoms with Crippen molar-refractivity contribution < 1.29 is 14.6 Å². The van der Waals surface area contributed by atoms with E-state index in [2.05, 4.69) is 32.0 Å². The number of ether oxygens (including phenoxy) is 2. The SMILES string of the molecule is COCc1cc(-c2cc(C)ccc2C)cc(COC)c1O. The van der Waals surface area contributed by atoms with Gasteiger partial charge in [0.25, 0.3) is 0 Å². The second-order valence-electron chi connectivity index (χ2n) is 5.33. The Morgan fingerprint density at radius 3 is 2.00 bits per heavy atom. The molecule has 0 saturated carbocycles. The molecule has 0 atom stereocenters. The van der Waals surface area contributed by atoms with Gasteiger partial charge in [-0.25, -0.2) is 0 Å². The number of phenols is 1. The highest BCUT2D eigenvalue weighted by atomic mass is 16.5. The summed E-state index contributed by atoms with van der Waals surface area (Å²) in [5, 5.41) is 10.3. The van der Waals surface area contributed by atoms with Gasteiger partial charge in [-0.05, 0) is 42.7 Å². The molecule has 1 N–H and O–H groups in total. The average Bonchev–Trinajstić information content (AvgIpc) is 2.46. The lowest BCUT2D eigenvalue weighted by atomic mass is 9.94. The van der Waals surface area contributed by atoms with Gasteiger partial charge < -0.3 is 14.6 Å². The summed E-state index contributed by atoms with van der Waals surface area (Å²) in [6.07, 6.45) is 0. The lowest BCUT2D eigenvalue weighted by Crippen LogP contribution is -1.97. The van der Waals surface area contributed by atoms with Crippen LogP contribution in [0.1, 0.15) is 22.3 Å². The molecule has 0 fully saturated rings. The van der Waals surface area contributed by atoms with Crippen LogP contribution in [0.4, 0.5) is 0 Å². The second kappa shape index (κ2) is 6.74. The van der Waals surface area contributed by atoms with E-state index in [0.717, 1.165) is 16.7 Å². The molecule has 0 unspecified atom stereocenters. The minimum absolute atomic E-state index is 0.257. The number of methoxy groups -OCH3 is 2. The number of rotatable bonds is 5. The Bertz CT molecular complexity index is 605. The van der Waals surface area contributed by atoms with Gasteiger partial charge in [0.2, 0.25) is 0 Å². The average molecular weight is 286 g/mol. The van der Waals surface area contributed by atoms with Crippen molar-refractivity contribution in [1.82, 2.24) is 0 Å². The molecule has 112 valence electrons. The normalized spacial score (nSPS) is 10.9. The van der Waals surface area contributed by atoms with Gasteiger partial charge in [-0.2, -0.15) is 0 Å². The highest BCUT2D eigenvalue weighted by Gasteiger charge is 2.12. The number of aromatic hydroxyl groups is 1. The maximum Gasteiger partial charge on any atom is 0.126 e. The lowest BCUT2D eigenvalue weighted by molar-refractivity contribution is 0.174. The Morgan fingerprint density at radius 2 is 1.48 bits per heavy atom. The van der Waals surface area contributed by atoms with Gasteiger partial charge >= 0.3 is 0 Å². The lowest BCUT2D eigenvalue weighted by Gasteiger charge is -2.14. The third-order valence-electron chi connectivity index (χ3n) is 3.57. The summed E-state index contributed by atoms with van der Waals surface area (Å²) in [6.45, 7) is 4.92. The van der Waals surface area contributed by atoms with Crippen molar-refractivity contribution in [1.29, 1.82) is 0 Å². The number of phenolic OH excluding ortho intramolecular Hbond substituents is 1. The van der Waals surface area contributed by atoms with E-state index in [4.69, 9.17) is 9.47 Å². The zero-order valence-corrected chi connectivity index (χ0v) is 13.1. The first-order valence-corrected chi connectivity index (χ1v) is 6.97. The van der Waals surface area contributed by atoms with Crippen molar-refractivity contribution in [3.63, 3.8) is 0 Å². The molecule has 0 aromatic heterocycles. The molecule has 0 aliphatic rings. The zero-order chi connectivity index (χ0) is 15.4. The monoisotopic (exact) mass is 286 g/mol. The van der Waals surface area contributed by atoms with Gasteiger partial charge in [-0.15, -0.1) is 0 Å². The van der Waals surface area contributed by atoms with Gasteiger partial charge in [0.15, 0.2) is 0 Å². The minimum atomic E-state index is 0.257. The van der Waals surface area contributed by atoms with Gasteiger partial charge in [-0.1, -0.05) is 23.8 Å². The zero-order valence-electron chi connectivity index (χ0n) is 13.1. The molecular formula is C18H22O3. The van der Waals surface area contributed by atoms with E-state index < -0.39 is 0 Å². The molecule has 2 aromatic rings. The molecular weight excluding hydrogens is 264 g/mol. The highest BCUT2D eigenvalue weighted by molar-refractivity contribution is 5.71. The van der Waals surface area contributed by atoms with Crippen LogP contribution in [0.3, 0.4) is 0 Å². The van der Waals surface area contributed by atoms with Crippen LogP contribution < -0.4 is 0 Å². The molecule has 0 amide bonds. The highest BCUT2D eigenvalue weighted by Crippen LogP contribution is 2.33. The largest absolute Gasteiger partial charge is 0.507 e. The van der Waals surface area contributed by atoms with Crippen LogP contribution >= 0.6 is 0 Å². The molecule has 2 aromatic carbocycles. The third-order valence-corrected chi connectivity index (χ3v) is 3.57. The van der Waals surface area contributed by atoms with Crippen molar-refractivity contribution in [2.24, 2.45) is 0 Å². The van der Waals surface area contributed by atoms with E-state index >= 15 is 0 Å². The van der Waals surface area contributed by atoms with Crippen molar-refractivity contribution in [3.8, 4) is 16.9 Å². The summed E-state index contributed by atoms with van der Waals surface area (Å²) in [4.78, 5) is 0. The summed E-state index contributed by atoms with van der Waals surface area (Å²) in [5.41, 5.74) is 6.23. The van der Waals surface area contributed by atoms with E-state index in [1.54, 1.807) is 14.2 Å². The molecule has 21 heavy (non-hydrogen) atoms. The molecule has 0 aliphatic carbocycles. The summed E-state index contributed by atoms with van der Waals surface area (Å²) in [7, 11) is 3.25. The maximum atomic E-state index is 10.3. The maximum absolute atomic E-state index is 10.3. The van der Waals surface area contributed by atoms with Gasteiger partial charge in [0.1, 0.15) is 5.75 Å². The van der Waals surface area contributed by atoms with Crippen LogP contribution in [0.2, 0.25) is 0 Å². The van der Waals surface area contributed by atoms with E-state index in [9.17, 15) is 5.11 Å². The third kappa shape index (κ3) is 3.43. The van der Waals surface area contributed by atoms with Crippen molar-refractivity contribution in [2.45, 2.75) is 27.1 Å². The van der Waals surface area contributed by atoms with Crippen LogP contribution in [0.25, 0.3) is 11.1 Å². The van der Waals surface area contributed by atoms with E-state index in [0.29, 0.717) is 13.2 Å². The number of aryl methyl sites for hydroxylation is 2. The van der Waals surface area contributed by atoms with Crippen LogP contribution in [0.15, 0.2) is 30.3 Å². The smallest absolute Gasteiger partial charge is 0.126 e. The summed E-state index contributed by atoms with van der Waals surface area (Å²) in [6, 6.07) is 10.4. The van der Waals surface area contributed by atoms with Crippen LogP contribution in [0, 0.1) is 13.8 Å². The fourth-order valence-electron chi connectivity index (χ4n) is 2.49. The molecule has 3 heteroatoms. The first-order valence-electron chi connectivity index (χ1n) is 6.97. The second-order valence-corrected chi connectivity index (χ2v) is 5.33. The predicted molar refractivity (Wildman–Crippen MR) is 84.4 cm³/mol. The quantitative estimate of drug-likeness (QED) is 0.904. The topological polar surface area (TPSA) is 38.7 Å². The molecule has 0 heterocycles. The standard InChI is InChI=1S/C18H22O3/c1-12-5-6-13(2)17(7-12)14-8-15(10-20-3)18(19)16(9-14)11-21-4/h5-9,19H,10-11H2,1-4H3. The summed E-state index contributed by atoms with van der Waals surface area (Å²) in [5.74, 6) is 0.257. The molecule has 3 nitrogen and oxygen atoms in total. The fourth-order valence-corrected chi connectivity index (χ4v) is 2.49. The Hall–Kier alpha value is -1.84. The van der Waals surface area contributed by atoms with Crippen LogP contribution in [-0.4, -0.2) is 19.3 Å². The predicted octanol–water partition coefficient (Wildman–Crippen LogP) is 3.97. The first-order chi connectivity index (χ1) is 10.1. The molecule has 0 aliphatic heterocycles. The minimum Gasteiger partial charge on any atom is -0.507 e. The van der Waals surface area contributed by atoms with Crippen LogP contribution in [-0.2, 0) is 22.7 Å². The number of hydrogen-bond acceptors (Lipinski definition) is 3. The van der Waals surface area contributed by atoms with Crippen molar-refractivity contribution >= 4 is 0 Å². The van der Waals surface area contributed by atoms with Crippen molar-refractivity contribution in [3.05, 3.63) is 52.6 Å². The molecule has 0 saturated heterocycles. The van der Waals surface area contributed by atoms with E-state index in [1.807, 2.05) is 12.1 Å². The Kier molecular flexibility index (Phi) is 4.99. The van der Waals surface area contributed by atoms with Gasteiger partial charge in [-0.3, -0.25) is 0 Å². The van der Waals surface area contributed by atoms with Gasteiger partial charge in [0.05, 0.1) is 13.2 Å². The van der Waals surface area contributed by atoms with Crippen molar-refractivity contribution in [2.75, 3.05) is 14.2 Å². The first kappa shape index (κ1) is 15.5. The Balaban J connectivity index is 2.59. The Morgan fingerprint density at radius 1 is 0.905 bits per heavy atom. The van der Waals surface area contributed by atoms with Gasteiger partial charge in [0, 0.05) is 25.3 Å². The van der Waals surface area contributed by atoms with Crippen LogP contribution in [0.5, 0.6) is 5.75 Å². The summed E-state index contributed by atoms with van der Waals surface area (Å²) >= 11 is 0. The van der Waals surface area contributed by atoms with E-state index in [1.165, 1.54) is 16.7 Å². The molecule has 2 rings (SSSR count). The fraction of sp³-hybridized carbons (Fsp3) is 0.333. The molecule has 0 radical (unpaired) electrons. The molecule has 0 bridgehead atoms. The molecule has 0 spiro atoms. The Labute approximate surface area is 126 Å². The number of benzene rings is 2. The van der Waals surface area contributed by atoms with E-state index in [-0.39, 0.29) is 5.75 Å². The number of hydrogen-bond donors (Lipinski definition) is 1. The summed E-state index contributed by atoms with van der Waals surface area (Å²) < 4.78 is 10.4.